The number of benzene rings is 3. The van der Waals surface area contributed by atoms with E-state index < -0.39 is 6.35 Å². The first-order valence-electron chi connectivity index (χ1n) is 14.9. The summed E-state index contributed by atoms with van der Waals surface area (Å²) in [5.41, 5.74) is 2.63. The van der Waals surface area contributed by atoms with Crippen molar-refractivity contribution in [3.63, 3.8) is 0 Å². The van der Waals surface area contributed by atoms with Crippen molar-refractivity contribution in [2.24, 2.45) is 5.18 Å². The molecule has 2 heterocycles. The van der Waals surface area contributed by atoms with Gasteiger partial charge in [0, 0.05) is 44.4 Å². The van der Waals surface area contributed by atoms with Gasteiger partial charge in [-0.3, -0.25) is 9.80 Å². The van der Waals surface area contributed by atoms with Crippen LogP contribution in [0.25, 0.3) is 0 Å². The highest BCUT2D eigenvalue weighted by Crippen LogP contribution is 2.38. The minimum atomic E-state index is -1.14. The molecule has 1 aliphatic heterocycles. The Morgan fingerprint density at radius 3 is 2.09 bits per heavy atom. The second-order valence-electron chi connectivity index (χ2n) is 10.9. The van der Waals surface area contributed by atoms with E-state index in [1.807, 2.05) is 4.90 Å². The standard InChI is InChI=1S/C34H37F2N5O4/c1-44-31-16-15-28(23-32(31)45-2)41(33-30(38-43)6-3-17-37-33)34(42)40-21-19-39(20-22-40)18-4-5-29(24-7-11-26(35)12-8-24)25-9-13-27(36)14-10-25/h3,6-17,23,29,34,42H,4-5,18-22H2,1-2H3. The van der Waals surface area contributed by atoms with Gasteiger partial charge in [-0.15, -0.1) is 4.91 Å². The number of methoxy groups -OCH3 is 2. The van der Waals surface area contributed by atoms with Gasteiger partial charge in [0.25, 0.3) is 0 Å². The molecule has 1 N–H and O–H groups in total. The number of piperazine rings is 1. The Bertz CT molecular complexity index is 1500. The molecule has 45 heavy (non-hydrogen) atoms. The molecule has 0 spiro atoms. The van der Waals surface area contributed by atoms with Crippen LogP contribution in [0.2, 0.25) is 0 Å². The van der Waals surface area contributed by atoms with Crippen LogP contribution in [0, 0.1) is 16.5 Å². The molecule has 5 rings (SSSR count). The fourth-order valence-corrected chi connectivity index (χ4v) is 5.80. The molecule has 4 aromatic rings. The molecule has 0 radical (unpaired) electrons. The van der Waals surface area contributed by atoms with Gasteiger partial charge in [0.1, 0.15) is 11.6 Å². The van der Waals surface area contributed by atoms with Crippen LogP contribution in [0.5, 0.6) is 11.5 Å². The molecule has 9 nitrogen and oxygen atoms in total. The number of anilines is 2. The van der Waals surface area contributed by atoms with Crippen molar-refractivity contribution in [2.45, 2.75) is 25.1 Å². The maximum Gasteiger partial charge on any atom is 0.192 e. The molecule has 3 aromatic carbocycles. The van der Waals surface area contributed by atoms with Crippen LogP contribution in [0.1, 0.15) is 29.9 Å². The van der Waals surface area contributed by atoms with Gasteiger partial charge in [0.05, 0.1) is 19.9 Å². The lowest BCUT2D eigenvalue weighted by Gasteiger charge is -2.41. The van der Waals surface area contributed by atoms with Gasteiger partial charge in [-0.05, 0) is 84.2 Å². The van der Waals surface area contributed by atoms with Crippen LogP contribution >= 0.6 is 0 Å². The highest BCUT2D eigenvalue weighted by atomic mass is 19.1. The number of ether oxygens (including phenoxy) is 2. The Balaban J connectivity index is 1.26. The Morgan fingerprint density at radius 2 is 1.51 bits per heavy atom. The predicted octanol–water partition coefficient (Wildman–Crippen LogP) is 6.42. The van der Waals surface area contributed by atoms with E-state index in [4.69, 9.17) is 9.47 Å². The minimum absolute atomic E-state index is 0.0170. The molecule has 1 saturated heterocycles. The normalized spacial score (nSPS) is 14.7. The number of pyridine rings is 1. The Kier molecular flexibility index (Phi) is 10.7. The summed E-state index contributed by atoms with van der Waals surface area (Å²) in [5.74, 6) is 0.657. The number of aliphatic hydroxyl groups excluding tert-OH is 1. The molecule has 1 atom stereocenters. The van der Waals surface area contributed by atoms with Crippen molar-refractivity contribution in [1.29, 1.82) is 0 Å². The molecule has 0 saturated carbocycles. The third kappa shape index (κ3) is 7.62. The van der Waals surface area contributed by atoms with Gasteiger partial charge in [-0.2, -0.15) is 0 Å². The summed E-state index contributed by atoms with van der Waals surface area (Å²) in [4.78, 5) is 21.9. The third-order valence-corrected chi connectivity index (χ3v) is 8.21. The lowest BCUT2D eigenvalue weighted by molar-refractivity contribution is -0.0207. The smallest absolute Gasteiger partial charge is 0.192 e. The largest absolute Gasteiger partial charge is 0.493 e. The van der Waals surface area contributed by atoms with Gasteiger partial charge in [0.15, 0.2) is 29.4 Å². The first-order chi connectivity index (χ1) is 21.9. The summed E-state index contributed by atoms with van der Waals surface area (Å²) < 4.78 is 38.1. The summed E-state index contributed by atoms with van der Waals surface area (Å²) in [6, 6.07) is 21.4. The topological polar surface area (TPSA) is 90.7 Å². The SMILES string of the molecule is COc1ccc(N(c2ncccc2N=O)C(O)N2CCN(CCCC(c3ccc(F)cc3)c3ccc(F)cc3)CC2)cc1OC. The average molecular weight is 618 g/mol. The molecule has 1 aliphatic rings. The Hall–Kier alpha value is -4.45. The van der Waals surface area contributed by atoms with Gasteiger partial charge in [0.2, 0.25) is 0 Å². The second-order valence-corrected chi connectivity index (χ2v) is 10.9. The number of halogens is 2. The number of aromatic nitrogens is 1. The van der Waals surface area contributed by atoms with E-state index in [9.17, 15) is 18.8 Å². The van der Waals surface area contributed by atoms with Gasteiger partial charge >= 0.3 is 0 Å². The lowest BCUT2D eigenvalue weighted by Crippen LogP contribution is -2.55. The number of nitroso groups, excluding NO2 is 1. The number of hydrogen-bond acceptors (Lipinski definition) is 9. The molecule has 0 bridgehead atoms. The first-order valence-corrected chi connectivity index (χ1v) is 14.9. The van der Waals surface area contributed by atoms with Crippen LogP contribution in [0.3, 0.4) is 0 Å². The van der Waals surface area contributed by atoms with Crippen molar-refractivity contribution in [3.05, 3.63) is 113 Å². The second kappa shape index (κ2) is 15.0. The number of rotatable bonds is 13. The molecule has 1 fully saturated rings. The number of nitrogens with zero attached hydrogens (tertiary/aromatic N) is 5. The van der Waals surface area contributed by atoms with Crippen molar-refractivity contribution in [1.82, 2.24) is 14.8 Å². The monoisotopic (exact) mass is 617 g/mol. The van der Waals surface area contributed by atoms with E-state index in [0.29, 0.717) is 30.3 Å². The van der Waals surface area contributed by atoms with E-state index in [1.54, 1.807) is 72.8 Å². The summed E-state index contributed by atoms with van der Waals surface area (Å²) in [6.07, 6.45) is 2.10. The van der Waals surface area contributed by atoms with E-state index in [2.05, 4.69) is 15.1 Å². The summed E-state index contributed by atoms with van der Waals surface area (Å²) in [6.45, 7) is 3.41. The third-order valence-electron chi connectivity index (χ3n) is 8.21. The molecule has 1 unspecified atom stereocenters. The highest BCUT2D eigenvalue weighted by molar-refractivity contribution is 5.72. The van der Waals surface area contributed by atoms with Crippen LogP contribution in [-0.4, -0.2) is 73.2 Å². The highest BCUT2D eigenvalue weighted by Gasteiger charge is 2.31. The quantitative estimate of drug-likeness (QED) is 0.136. The zero-order valence-electron chi connectivity index (χ0n) is 25.4. The van der Waals surface area contributed by atoms with Crippen LogP contribution in [0.4, 0.5) is 26.0 Å². The van der Waals surface area contributed by atoms with Gasteiger partial charge < -0.3 is 19.5 Å². The summed E-state index contributed by atoms with van der Waals surface area (Å²) >= 11 is 0. The van der Waals surface area contributed by atoms with Crippen LogP contribution in [-0.2, 0) is 0 Å². The molecule has 236 valence electrons. The van der Waals surface area contributed by atoms with Gasteiger partial charge in [-0.1, -0.05) is 24.3 Å². The first kappa shape index (κ1) is 32.0. The van der Waals surface area contributed by atoms with E-state index >= 15 is 0 Å². The molecular weight excluding hydrogens is 580 g/mol. The van der Waals surface area contributed by atoms with Gasteiger partial charge in [-0.25, -0.2) is 13.8 Å². The lowest BCUT2D eigenvalue weighted by atomic mass is 9.87. The van der Waals surface area contributed by atoms with E-state index in [1.165, 1.54) is 31.4 Å². The molecular formula is C34H37F2N5O4. The molecule has 11 heteroatoms. The molecule has 1 aromatic heterocycles. The van der Waals surface area contributed by atoms with Crippen molar-refractivity contribution < 1.29 is 23.4 Å². The van der Waals surface area contributed by atoms with E-state index in [-0.39, 0.29) is 29.1 Å². The number of aliphatic hydroxyl groups is 1. The zero-order valence-corrected chi connectivity index (χ0v) is 25.4. The molecule has 0 amide bonds. The Morgan fingerprint density at radius 1 is 0.889 bits per heavy atom. The fraction of sp³-hybridized carbons (Fsp3) is 0.324. The van der Waals surface area contributed by atoms with Crippen LogP contribution < -0.4 is 14.4 Å². The maximum atomic E-state index is 13.6. The van der Waals surface area contributed by atoms with E-state index in [0.717, 1.165) is 43.6 Å². The summed E-state index contributed by atoms with van der Waals surface area (Å²) in [7, 11) is 3.07. The zero-order chi connectivity index (χ0) is 31.8. The Labute approximate surface area is 261 Å². The maximum absolute atomic E-state index is 13.6. The molecule has 0 aliphatic carbocycles. The van der Waals surface area contributed by atoms with Crippen molar-refractivity contribution in [3.8, 4) is 11.5 Å². The van der Waals surface area contributed by atoms with Crippen molar-refractivity contribution >= 4 is 17.2 Å². The minimum Gasteiger partial charge on any atom is -0.493 e. The van der Waals surface area contributed by atoms with Crippen LogP contribution in [0.15, 0.2) is 90.2 Å². The fourth-order valence-electron chi connectivity index (χ4n) is 5.80. The predicted molar refractivity (Wildman–Crippen MR) is 169 cm³/mol. The average Bonchev–Trinajstić information content (AvgIpc) is 3.08. The number of hydrogen-bond donors (Lipinski definition) is 1. The summed E-state index contributed by atoms with van der Waals surface area (Å²) in [5, 5.41) is 14.8. The van der Waals surface area contributed by atoms with Crippen molar-refractivity contribution in [2.75, 3.05) is 51.8 Å².